The van der Waals surface area contributed by atoms with Crippen molar-refractivity contribution in [1.82, 2.24) is 4.98 Å². The van der Waals surface area contributed by atoms with Crippen molar-refractivity contribution in [2.45, 2.75) is 6.36 Å². The second-order valence-corrected chi connectivity index (χ2v) is 3.52. The van der Waals surface area contributed by atoms with Crippen molar-refractivity contribution >= 4 is 32.8 Å². The minimum Gasteiger partial charge on any atom is -0.404 e. The first kappa shape index (κ1) is 12.3. The second kappa shape index (κ2) is 4.36. The molecular weight excluding hydrogens is 302 g/mol. The van der Waals surface area contributed by atoms with Gasteiger partial charge < -0.3 is 4.74 Å². The van der Waals surface area contributed by atoms with E-state index in [9.17, 15) is 18.0 Å². The standard InChI is InChI=1S/C7H2BrClF3NO2/c8-4-2-13-1-3(6(9)14)5(4)15-7(10,11)12/h1-2H. The molecule has 0 N–H and O–H groups in total. The maximum atomic E-state index is 11.9. The molecule has 15 heavy (non-hydrogen) atoms. The van der Waals surface area contributed by atoms with E-state index in [1.807, 2.05) is 0 Å². The zero-order valence-corrected chi connectivity index (χ0v) is 9.15. The lowest BCUT2D eigenvalue weighted by molar-refractivity contribution is -0.275. The van der Waals surface area contributed by atoms with Crippen LogP contribution in [0.4, 0.5) is 13.2 Å². The Labute approximate surface area is 95.3 Å². The van der Waals surface area contributed by atoms with Gasteiger partial charge in [-0.25, -0.2) is 0 Å². The van der Waals surface area contributed by atoms with Gasteiger partial charge in [-0.1, -0.05) is 0 Å². The molecule has 82 valence electrons. The molecule has 1 aromatic rings. The van der Waals surface area contributed by atoms with Crippen LogP contribution >= 0.6 is 27.5 Å². The van der Waals surface area contributed by atoms with E-state index >= 15 is 0 Å². The molecular formula is C7H2BrClF3NO2. The summed E-state index contributed by atoms with van der Waals surface area (Å²) in [5.41, 5.74) is -0.455. The highest BCUT2D eigenvalue weighted by Gasteiger charge is 2.34. The van der Waals surface area contributed by atoms with Gasteiger partial charge in [0.2, 0.25) is 0 Å². The Morgan fingerprint density at radius 3 is 2.53 bits per heavy atom. The van der Waals surface area contributed by atoms with Gasteiger partial charge in [-0.3, -0.25) is 9.78 Å². The summed E-state index contributed by atoms with van der Waals surface area (Å²) in [5.74, 6) is -0.697. The topological polar surface area (TPSA) is 39.2 Å². The molecule has 0 spiro atoms. The van der Waals surface area contributed by atoms with E-state index in [0.717, 1.165) is 12.4 Å². The van der Waals surface area contributed by atoms with Gasteiger partial charge in [-0.2, -0.15) is 0 Å². The zero-order chi connectivity index (χ0) is 11.6. The van der Waals surface area contributed by atoms with Crippen LogP contribution in [0.15, 0.2) is 16.9 Å². The van der Waals surface area contributed by atoms with E-state index < -0.39 is 22.9 Å². The first-order valence-corrected chi connectivity index (χ1v) is 4.57. The number of alkyl halides is 3. The Kier molecular flexibility index (Phi) is 3.56. The van der Waals surface area contributed by atoms with E-state index in [1.165, 1.54) is 0 Å². The van der Waals surface area contributed by atoms with Crippen LogP contribution in [0.2, 0.25) is 0 Å². The molecule has 0 bridgehead atoms. The molecule has 0 unspecified atom stereocenters. The van der Waals surface area contributed by atoms with Crippen LogP contribution in [0.1, 0.15) is 10.4 Å². The fraction of sp³-hybridized carbons (Fsp3) is 0.143. The number of pyridine rings is 1. The number of halogens is 5. The maximum Gasteiger partial charge on any atom is 0.573 e. The van der Waals surface area contributed by atoms with E-state index in [0.29, 0.717) is 0 Å². The van der Waals surface area contributed by atoms with Gasteiger partial charge in [-0.05, 0) is 27.5 Å². The Morgan fingerprint density at radius 2 is 2.07 bits per heavy atom. The fourth-order valence-electron chi connectivity index (χ4n) is 0.783. The minimum atomic E-state index is -4.90. The summed E-state index contributed by atoms with van der Waals surface area (Å²) in [6.07, 6.45) is -2.95. The summed E-state index contributed by atoms with van der Waals surface area (Å²) in [6.45, 7) is 0. The molecule has 1 rings (SSSR count). The van der Waals surface area contributed by atoms with Crippen molar-refractivity contribution in [2.75, 3.05) is 0 Å². The SMILES string of the molecule is O=C(Cl)c1cncc(Br)c1OC(F)(F)F. The van der Waals surface area contributed by atoms with Gasteiger partial charge in [0.05, 0.1) is 10.0 Å². The smallest absolute Gasteiger partial charge is 0.404 e. The molecule has 0 aliphatic rings. The second-order valence-electron chi connectivity index (χ2n) is 2.32. The lowest BCUT2D eigenvalue weighted by Crippen LogP contribution is -2.19. The van der Waals surface area contributed by atoms with Gasteiger partial charge in [-0.15, -0.1) is 13.2 Å². The van der Waals surface area contributed by atoms with Crippen LogP contribution < -0.4 is 4.74 Å². The number of rotatable bonds is 2. The average Bonchev–Trinajstić information content (AvgIpc) is 2.05. The largest absolute Gasteiger partial charge is 0.573 e. The number of nitrogens with zero attached hydrogens (tertiary/aromatic N) is 1. The van der Waals surface area contributed by atoms with Gasteiger partial charge in [0, 0.05) is 12.4 Å². The molecule has 0 atom stereocenters. The summed E-state index contributed by atoms with van der Waals surface area (Å²) in [7, 11) is 0. The molecule has 0 aromatic carbocycles. The molecule has 0 radical (unpaired) electrons. The molecule has 0 aliphatic carbocycles. The molecule has 0 saturated carbocycles. The predicted molar refractivity (Wildman–Crippen MR) is 48.8 cm³/mol. The van der Waals surface area contributed by atoms with Crippen molar-refractivity contribution in [3.8, 4) is 5.75 Å². The Hall–Kier alpha value is -0.820. The number of carbonyl (C=O) groups is 1. The lowest BCUT2D eigenvalue weighted by atomic mass is 10.3. The zero-order valence-electron chi connectivity index (χ0n) is 6.81. The third-order valence-electron chi connectivity index (χ3n) is 1.28. The van der Waals surface area contributed by atoms with E-state index in [-0.39, 0.29) is 4.47 Å². The van der Waals surface area contributed by atoms with Gasteiger partial charge in [0.15, 0.2) is 5.75 Å². The van der Waals surface area contributed by atoms with Crippen molar-refractivity contribution < 1.29 is 22.7 Å². The average molecular weight is 304 g/mol. The van der Waals surface area contributed by atoms with Crippen molar-refractivity contribution in [3.05, 3.63) is 22.4 Å². The first-order valence-electron chi connectivity index (χ1n) is 3.40. The summed E-state index contributed by atoms with van der Waals surface area (Å²) in [4.78, 5) is 14.3. The van der Waals surface area contributed by atoms with Crippen molar-refractivity contribution in [1.29, 1.82) is 0 Å². The Morgan fingerprint density at radius 1 is 1.47 bits per heavy atom. The number of aromatic nitrogens is 1. The molecule has 0 aliphatic heterocycles. The highest BCUT2D eigenvalue weighted by atomic mass is 79.9. The Balaban J connectivity index is 3.19. The maximum absolute atomic E-state index is 11.9. The summed E-state index contributed by atoms with van der Waals surface area (Å²) < 4.78 is 39.4. The highest BCUT2D eigenvalue weighted by Crippen LogP contribution is 2.33. The van der Waals surface area contributed by atoms with Crippen LogP contribution in [-0.4, -0.2) is 16.6 Å². The Bertz CT molecular complexity index is 396. The molecule has 3 nitrogen and oxygen atoms in total. The van der Waals surface area contributed by atoms with Gasteiger partial charge in [0.25, 0.3) is 5.24 Å². The van der Waals surface area contributed by atoms with E-state index in [2.05, 4.69) is 25.7 Å². The molecule has 8 heteroatoms. The van der Waals surface area contributed by atoms with E-state index in [1.54, 1.807) is 0 Å². The summed E-state index contributed by atoms with van der Waals surface area (Å²) in [6, 6.07) is 0. The van der Waals surface area contributed by atoms with Gasteiger partial charge >= 0.3 is 6.36 Å². The number of ether oxygens (including phenoxy) is 1. The highest BCUT2D eigenvalue weighted by molar-refractivity contribution is 9.10. The monoisotopic (exact) mass is 303 g/mol. The van der Waals surface area contributed by atoms with E-state index in [4.69, 9.17) is 11.6 Å². The third-order valence-corrected chi connectivity index (χ3v) is 2.05. The summed E-state index contributed by atoms with van der Waals surface area (Å²) >= 11 is 7.83. The van der Waals surface area contributed by atoms with Crippen molar-refractivity contribution in [3.63, 3.8) is 0 Å². The molecule has 1 heterocycles. The van der Waals surface area contributed by atoms with Crippen LogP contribution in [-0.2, 0) is 0 Å². The van der Waals surface area contributed by atoms with Crippen LogP contribution in [0.5, 0.6) is 5.75 Å². The van der Waals surface area contributed by atoms with Crippen LogP contribution in [0, 0.1) is 0 Å². The fourth-order valence-corrected chi connectivity index (χ4v) is 1.33. The normalized spacial score (nSPS) is 11.3. The number of hydrogen-bond acceptors (Lipinski definition) is 3. The summed E-state index contributed by atoms with van der Waals surface area (Å²) in [5, 5.41) is -1.08. The molecule has 1 aromatic heterocycles. The first-order chi connectivity index (χ1) is 6.81. The van der Waals surface area contributed by atoms with Crippen molar-refractivity contribution in [2.24, 2.45) is 0 Å². The minimum absolute atomic E-state index is 0.105. The predicted octanol–water partition coefficient (Wildman–Crippen LogP) is 3.12. The van der Waals surface area contributed by atoms with Crippen LogP contribution in [0.25, 0.3) is 0 Å². The number of hydrogen-bond donors (Lipinski definition) is 0. The number of carbonyl (C=O) groups excluding carboxylic acids is 1. The molecule has 0 saturated heterocycles. The quantitative estimate of drug-likeness (QED) is 0.788. The third kappa shape index (κ3) is 3.35. The molecule has 0 fully saturated rings. The lowest BCUT2D eigenvalue weighted by Gasteiger charge is -2.12. The van der Waals surface area contributed by atoms with Gasteiger partial charge in [0.1, 0.15) is 0 Å². The van der Waals surface area contributed by atoms with Crippen LogP contribution in [0.3, 0.4) is 0 Å². The molecule has 0 amide bonds.